The highest BCUT2D eigenvalue weighted by atomic mass is 79.9. The van der Waals surface area contributed by atoms with E-state index in [-0.39, 0.29) is 18.0 Å². The average Bonchev–Trinajstić information content (AvgIpc) is 3.35. The van der Waals surface area contributed by atoms with Crippen LogP contribution in [0.25, 0.3) is 0 Å². The summed E-state index contributed by atoms with van der Waals surface area (Å²) in [5.74, 6) is 0.0712. The SMILES string of the molecule is CN1CCN(c2cnn(C3CCN(C(=O)c4cc(Br)cs4)C3)c2)C1=O. The fraction of sp³-hybridized carbons (Fsp3) is 0.438. The van der Waals surface area contributed by atoms with Crippen LogP contribution in [0.5, 0.6) is 0 Å². The van der Waals surface area contributed by atoms with Crippen LogP contribution in [-0.4, -0.2) is 64.7 Å². The minimum Gasteiger partial charge on any atom is -0.336 e. The van der Waals surface area contributed by atoms with E-state index in [0.29, 0.717) is 13.1 Å². The zero-order chi connectivity index (χ0) is 17.6. The molecule has 2 aromatic rings. The molecule has 2 aliphatic heterocycles. The molecule has 0 spiro atoms. The van der Waals surface area contributed by atoms with E-state index in [9.17, 15) is 9.59 Å². The number of likely N-dealkylation sites (N-methyl/N-ethyl adjacent to an activating group) is 1. The monoisotopic (exact) mass is 423 g/mol. The molecular formula is C16H18BrN5O2S. The van der Waals surface area contributed by atoms with Gasteiger partial charge in [0.05, 0.1) is 22.8 Å². The summed E-state index contributed by atoms with van der Waals surface area (Å²) in [6, 6.07) is 2.02. The van der Waals surface area contributed by atoms with Crippen LogP contribution in [0.15, 0.2) is 28.3 Å². The quantitative estimate of drug-likeness (QED) is 0.761. The number of amides is 3. The molecule has 0 N–H and O–H groups in total. The highest BCUT2D eigenvalue weighted by Gasteiger charge is 2.31. The molecule has 0 bridgehead atoms. The van der Waals surface area contributed by atoms with Crippen LogP contribution in [0.4, 0.5) is 10.5 Å². The number of hydrogen-bond acceptors (Lipinski definition) is 4. The smallest absolute Gasteiger partial charge is 0.324 e. The Morgan fingerprint density at radius 1 is 1.36 bits per heavy atom. The van der Waals surface area contributed by atoms with Crippen LogP contribution < -0.4 is 4.90 Å². The molecule has 7 nitrogen and oxygen atoms in total. The average molecular weight is 424 g/mol. The summed E-state index contributed by atoms with van der Waals surface area (Å²) in [4.78, 5) is 30.7. The van der Waals surface area contributed by atoms with Gasteiger partial charge in [-0.15, -0.1) is 11.3 Å². The van der Waals surface area contributed by atoms with Crippen molar-refractivity contribution in [2.24, 2.45) is 0 Å². The Kier molecular flexibility index (Phi) is 4.28. The van der Waals surface area contributed by atoms with Gasteiger partial charge in [0.2, 0.25) is 0 Å². The fourth-order valence-electron chi connectivity index (χ4n) is 3.28. The zero-order valence-electron chi connectivity index (χ0n) is 13.8. The third-order valence-electron chi connectivity index (χ3n) is 4.72. The van der Waals surface area contributed by atoms with Gasteiger partial charge >= 0.3 is 6.03 Å². The number of carbonyl (C=O) groups excluding carboxylic acids is 2. The summed E-state index contributed by atoms with van der Waals surface area (Å²) in [5, 5.41) is 6.36. The maximum absolute atomic E-state index is 12.6. The van der Waals surface area contributed by atoms with Gasteiger partial charge in [0, 0.05) is 49.3 Å². The number of carbonyl (C=O) groups is 2. The number of hydrogen-bond donors (Lipinski definition) is 0. The lowest BCUT2D eigenvalue weighted by Crippen LogP contribution is -2.29. The summed E-state index contributed by atoms with van der Waals surface area (Å²) >= 11 is 4.85. The number of aromatic nitrogens is 2. The summed E-state index contributed by atoms with van der Waals surface area (Å²) in [6.45, 7) is 2.78. The Morgan fingerprint density at radius 3 is 2.88 bits per heavy atom. The van der Waals surface area contributed by atoms with Gasteiger partial charge in [-0.25, -0.2) is 4.79 Å². The molecule has 4 rings (SSSR count). The van der Waals surface area contributed by atoms with Crippen molar-refractivity contribution in [2.45, 2.75) is 12.5 Å². The van der Waals surface area contributed by atoms with Crippen LogP contribution in [0.1, 0.15) is 22.1 Å². The summed E-state index contributed by atoms with van der Waals surface area (Å²) in [5.41, 5.74) is 0.821. The fourth-order valence-corrected chi connectivity index (χ4v) is 4.67. The van der Waals surface area contributed by atoms with E-state index in [1.54, 1.807) is 23.0 Å². The van der Waals surface area contributed by atoms with E-state index < -0.39 is 0 Å². The molecule has 4 heterocycles. The molecule has 2 aliphatic rings. The van der Waals surface area contributed by atoms with E-state index in [4.69, 9.17) is 0 Å². The molecule has 25 heavy (non-hydrogen) atoms. The van der Waals surface area contributed by atoms with Gasteiger partial charge < -0.3 is 9.80 Å². The first-order valence-corrected chi connectivity index (χ1v) is 9.80. The van der Waals surface area contributed by atoms with Gasteiger partial charge in [0.25, 0.3) is 5.91 Å². The van der Waals surface area contributed by atoms with Crippen LogP contribution in [0, 0.1) is 0 Å². The van der Waals surface area contributed by atoms with Crippen molar-refractivity contribution in [3.63, 3.8) is 0 Å². The van der Waals surface area contributed by atoms with Crippen molar-refractivity contribution in [3.05, 3.63) is 33.2 Å². The molecule has 2 aromatic heterocycles. The Labute approximate surface area is 157 Å². The molecule has 2 saturated heterocycles. The van der Waals surface area contributed by atoms with E-state index in [1.807, 2.05) is 27.2 Å². The highest BCUT2D eigenvalue weighted by Crippen LogP contribution is 2.28. The topological polar surface area (TPSA) is 61.7 Å². The third-order valence-corrected chi connectivity index (χ3v) is 6.40. The lowest BCUT2D eigenvalue weighted by Gasteiger charge is -2.16. The Bertz CT molecular complexity index is 819. The largest absolute Gasteiger partial charge is 0.336 e. The second kappa shape index (κ2) is 6.45. The molecule has 0 radical (unpaired) electrons. The zero-order valence-corrected chi connectivity index (χ0v) is 16.2. The summed E-state index contributed by atoms with van der Waals surface area (Å²) in [6.07, 6.45) is 4.52. The van der Waals surface area contributed by atoms with Gasteiger partial charge in [-0.3, -0.25) is 14.4 Å². The molecule has 9 heteroatoms. The van der Waals surface area contributed by atoms with Crippen molar-refractivity contribution in [1.82, 2.24) is 19.6 Å². The van der Waals surface area contributed by atoms with Gasteiger partial charge in [-0.05, 0) is 28.4 Å². The van der Waals surface area contributed by atoms with Crippen LogP contribution in [0.2, 0.25) is 0 Å². The van der Waals surface area contributed by atoms with Gasteiger partial charge in [-0.2, -0.15) is 5.10 Å². The van der Waals surface area contributed by atoms with Gasteiger partial charge in [-0.1, -0.05) is 0 Å². The van der Waals surface area contributed by atoms with Crippen molar-refractivity contribution < 1.29 is 9.59 Å². The Morgan fingerprint density at radius 2 is 2.20 bits per heavy atom. The first-order chi connectivity index (χ1) is 12.0. The number of urea groups is 1. The van der Waals surface area contributed by atoms with E-state index >= 15 is 0 Å². The van der Waals surface area contributed by atoms with Gasteiger partial charge in [0.1, 0.15) is 0 Å². The first-order valence-electron chi connectivity index (χ1n) is 8.13. The van der Waals surface area contributed by atoms with Crippen molar-refractivity contribution in [2.75, 3.05) is 38.1 Å². The molecule has 0 aromatic carbocycles. The van der Waals surface area contributed by atoms with E-state index in [2.05, 4.69) is 21.0 Å². The lowest BCUT2D eigenvalue weighted by molar-refractivity contribution is 0.0792. The van der Waals surface area contributed by atoms with Crippen LogP contribution in [0.3, 0.4) is 0 Å². The molecular weight excluding hydrogens is 406 g/mol. The second-order valence-corrected chi connectivity index (χ2v) is 8.18. The number of nitrogens with zero attached hydrogens (tertiary/aromatic N) is 5. The third kappa shape index (κ3) is 3.06. The minimum absolute atomic E-state index is 0.00560. The maximum Gasteiger partial charge on any atom is 0.324 e. The minimum atomic E-state index is 0.00560. The first kappa shape index (κ1) is 16.6. The number of likely N-dealkylation sites (tertiary alicyclic amines) is 1. The number of anilines is 1. The number of thiophene rings is 1. The van der Waals surface area contributed by atoms with Crippen molar-refractivity contribution in [1.29, 1.82) is 0 Å². The van der Waals surface area contributed by atoms with E-state index in [0.717, 1.165) is 34.5 Å². The van der Waals surface area contributed by atoms with Crippen LogP contribution in [-0.2, 0) is 0 Å². The molecule has 1 atom stereocenters. The molecule has 0 saturated carbocycles. The predicted octanol–water partition coefficient (Wildman–Crippen LogP) is 2.67. The van der Waals surface area contributed by atoms with Crippen molar-refractivity contribution in [3.8, 4) is 0 Å². The molecule has 0 aliphatic carbocycles. The molecule has 132 valence electrons. The second-order valence-electron chi connectivity index (χ2n) is 6.36. The Balaban J connectivity index is 1.44. The number of halogens is 1. The molecule has 1 unspecified atom stereocenters. The summed E-state index contributed by atoms with van der Waals surface area (Å²) in [7, 11) is 1.80. The van der Waals surface area contributed by atoms with Gasteiger partial charge in [0.15, 0.2) is 0 Å². The molecule has 3 amide bonds. The van der Waals surface area contributed by atoms with Crippen LogP contribution >= 0.6 is 27.3 Å². The molecule has 2 fully saturated rings. The standard InChI is InChI=1S/C16H18BrN5O2S/c1-19-4-5-21(16(19)24)13-7-18-22(9-13)12-2-3-20(8-12)15(23)14-6-11(17)10-25-14/h6-7,9-10,12H,2-5,8H2,1H3. The highest BCUT2D eigenvalue weighted by molar-refractivity contribution is 9.10. The number of rotatable bonds is 3. The predicted molar refractivity (Wildman–Crippen MR) is 99.2 cm³/mol. The maximum atomic E-state index is 12.6. The van der Waals surface area contributed by atoms with E-state index in [1.165, 1.54) is 11.3 Å². The summed E-state index contributed by atoms with van der Waals surface area (Å²) < 4.78 is 2.83. The Hall–Kier alpha value is -1.87. The normalized spacial score (nSPS) is 20.8. The lowest BCUT2D eigenvalue weighted by atomic mass is 10.3. The van der Waals surface area contributed by atoms with Crippen molar-refractivity contribution >= 4 is 44.9 Å².